The molecule has 0 heterocycles. The maximum Gasteiger partial charge on any atom is 0.0482 e. The highest BCUT2D eigenvalue weighted by molar-refractivity contribution is 5.82. The molecule has 32 heavy (non-hydrogen) atoms. The summed E-state index contributed by atoms with van der Waals surface area (Å²) in [5, 5.41) is 3.74. The summed E-state index contributed by atoms with van der Waals surface area (Å²) in [7, 11) is 0. The summed E-state index contributed by atoms with van der Waals surface area (Å²) in [6.07, 6.45) is 10.2. The van der Waals surface area contributed by atoms with Gasteiger partial charge in [0.2, 0.25) is 0 Å². The van der Waals surface area contributed by atoms with E-state index in [1.165, 1.54) is 55.8 Å². The highest BCUT2D eigenvalue weighted by Gasteiger charge is 2.13. The van der Waals surface area contributed by atoms with Gasteiger partial charge in [0.05, 0.1) is 0 Å². The number of allylic oxidation sites excluding steroid dienone is 3. The molecule has 1 aliphatic rings. The molecule has 3 aromatic carbocycles. The van der Waals surface area contributed by atoms with Crippen molar-refractivity contribution < 1.29 is 0 Å². The van der Waals surface area contributed by atoms with Crippen LogP contribution >= 0.6 is 0 Å². The van der Waals surface area contributed by atoms with Crippen LogP contribution in [0.2, 0.25) is 0 Å². The largest absolute Gasteiger partial charge is 0.378 e. The molecule has 0 aromatic heterocycles. The topological polar surface area (TPSA) is 12.0 Å². The molecule has 1 unspecified atom stereocenters. The van der Waals surface area contributed by atoms with Crippen LogP contribution in [0.3, 0.4) is 0 Å². The van der Waals surface area contributed by atoms with Crippen LogP contribution in [-0.2, 0) is 0 Å². The van der Waals surface area contributed by atoms with Crippen molar-refractivity contribution in [2.45, 2.75) is 47.1 Å². The predicted molar refractivity (Wildman–Crippen MR) is 139 cm³/mol. The Morgan fingerprint density at radius 1 is 0.781 bits per heavy atom. The highest BCUT2D eigenvalue weighted by atomic mass is 14.9. The third-order valence-corrected chi connectivity index (χ3v) is 6.06. The van der Waals surface area contributed by atoms with Gasteiger partial charge in [0.15, 0.2) is 0 Å². The number of anilines is 1. The van der Waals surface area contributed by atoms with E-state index in [0.717, 1.165) is 6.42 Å². The van der Waals surface area contributed by atoms with Gasteiger partial charge in [-0.2, -0.15) is 0 Å². The van der Waals surface area contributed by atoms with Crippen molar-refractivity contribution in [3.63, 3.8) is 0 Å². The molecule has 1 atom stereocenters. The molecule has 4 rings (SSSR count). The van der Waals surface area contributed by atoms with Gasteiger partial charge in [-0.05, 0) is 80.5 Å². The van der Waals surface area contributed by atoms with Crippen molar-refractivity contribution >= 4 is 11.3 Å². The molecular formula is C31H33N. The molecule has 0 aliphatic heterocycles. The zero-order chi connectivity index (χ0) is 22.7. The first kappa shape index (κ1) is 21.9. The molecule has 1 aliphatic carbocycles. The minimum Gasteiger partial charge on any atom is -0.378 e. The Hall–Kier alpha value is -3.32. The number of hydrogen-bond donors (Lipinski definition) is 1. The SMILES string of the molecule is Cc1cc(C)cc(C(=CC2=CCC(Nc3c(C)cc(C)cc3C)C=C2)c2ccccc2)c1. The minimum absolute atomic E-state index is 0.314. The van der Waals surface area contributed by atoms with E-state index in [9.17, 15) is 0 Å². The Balaban J connectivity index is 1.60. The molecule has 0 amide bonds. The fourth-order valence-corrected chi connectivity index (χ4v) is 4.69. The standard InChI is InChI=1S/C31H33N/c1-21-15-22(2)19-28(18-21)30(27-9-7-6-8-10-27)20-26-11-13-29(14-12-26)32-31-24(4)16-23(3)17-25(31)5/h6-13,15-20,29,32H,14H2,1-5H3. The molecule has 0 fully saturated rings. The lowest BCUT2D eigenvalue weighted by Gasteiger charge is -2.22. The van der Waals surface area contributed by atoms with Crippen molar-refractivity contribution in [2.75, 3.05) is 5.32 Å². The Kier molecular flexibility index (Phi) is 6.46. The third kappa shape index (κ3) is 5.11. The highest BCUT2D eigenvalue weighted by Crippen LogP contribution is 2.29. The summed E-state index contributed by atoms with van der Waals surface area (Å²) in [6.45, 7) is 10.9. The van der Waals surface area contributed by atoms with E-state index in [4.69, 9.17) is 0 Å². The first-order valence-electron chi connectivity index (χ1n) is 11.5. The molecule has 162 valence electrons. The average molecular weight is 420 g/mol. The summed E-state index contributed by atoms with van der Waals surface area (Å²) < 4.78 is 0. The number of nitrogens with one attached hydrogen (secondary N) is 1. The zero-order valence-electron chi connectivity index (χ0n) is 19.9. The van der Waals surface area contributed by atoms with Gasteiger partial charge in [-0.3, -0.25) is 0 Å². The smallest absolute Gasteiger partial charge is 0.0482 e. The summed E-state index contributed by atoms with van der Waals surface area (Å²) in [5.74, 6) is 0. The molecule has 0 bridgehead atoms. The monoisotopic (exact) mass is 419 g/mol. The van der Waals surface area contributed by atoms with Crippen molar-refractivity contribution in [1.82, 2.24) is 0 Å². The van der Waals surface area contributed by atoms with E-state index in [1.54, 1.807) is 0 Å². The lowest BCUT2D eigenvalue weighted by molar-refractivity contribution is 0.873. The third-order valence-electron chi connectivity index (χ3n) is 6.06. The predicted octanol–water partition coefficient (Wildman–Crippen LogP) is 8.03. The van der Waals surface area contributed by atoms with Crippen LogP contribution in [0, 0.1) is 34.6 Å². The Bertz CT molecular complexity index is 1170. The maximum atomic E-state index is 3.74. The Morgan fingerprint density at radius 2 is 1.41 bits per heavy atom. The number of rotatable bonds is 5. The molecule has 3 aromatic rings. The van der Waals surface area contributed by atoms with E-state index in [-0.39, 0.29) is 0 Å². The fourth-order valence-electron chi connectivity index (χ4n) is 4.69. The first-order chi connectivity index (χ1) is 15.4. The van der Waals surface area contributed by atoms with Gasteiger partial charge in [0.1, 0.15) is 0 Å². The summed E-state index contributed by atoms with van der Waals surface area (Å²) in [5.41, 5.74) is 12.8. The van der Waals surface area contributed by atoms with Crippen LogP contribution in [-0.4, -0.2) is 6.04 Å². The van der Waals surface area contributed by atoms with E-state index in [2.05, 4.69) is 125 Å². The van der Waals surface area contributed by atoms with E-state index in [0.29, 0.717) is 6.04 Å². The molecular weight excluding hydrogens is 386 g/mol. The van der Waals surface area contributed by atoms with Gasteiger partial charge in [0.25, 0.3) is 0 Å². The number of aryl methyl sites for hydroxylation is 5. The van der Waals surface area contributed by atoms with Gasteiger partial charge in [-0.1, -0.05) is 95.6 Å². The second-order valence-electron chi connectivity index (χ2n) is 9.12. The fraction of sp³-hybridized carbons (Fsp3) is 0.226. The summed E-state index contributed by atoms with van der Waals surface area (Å²) >= 11 is 0. The van der Waals surface area contributed by atoms with Crippen LogP contribution in [0.15, 0.2) is 90.5 Å². The number of hydrogen-bond acceptors (Lipinski definition) is 1. The normalized spacial score (nSPS) is 16.1. The average Bonchev–Trinajstić information content (AvgIpc) is 2.75. The van der Waals surface area contributed by atoms with Gasteiger partial charge < -0.3 is 5.32 Å². The Morgan fingerprint density at radius 3 is 2.00 bits per heavy atom. The van der Waals surface area contributed by atoms with Crippen LogP contribution in [0.5, 0.6) is 0 Å². The van der Waals surface area contributed by atoms with Gasteiger partial charge in [-0.25, -0.2) is 0 Å². The van der Waals surface area contributed by atoms with Gasteiger partial charge >= 0.3 is 0 Å². The maximum absolute atomic E-state index is 3.74. The molecule has 1 N–H and O–H groups in total. The lowest BCUT2D eigenvalue weighted by atomic mass is 9.92. The quantitative estimate of drug-likeness (QED) is 0.441. The molecule has 0 saturated heterocycles. The van der Waals surface area contributed by atoms with E-state index in [1.807, 2.05) is 0 Å². The van der Waals surface area contributed by atoms with Crippen LogP contribution in [0.4, 0.5) is 5.69 Å². The van der Waals surface area contributed by atoms with Crippen LogP contribution in [0.1, 0.15) is 45.4 Å². The van der Waals surface area contributed by atoms with Crippen molar-refractivity contribution in [2.24, 2.45) is 0 Å². The van der Waals surface area contributed by atoms with Gasteiger partial charge in [0, 0.05) is 11.7 Å². The van der Waals surface area contributed by atoms with E-state index < -0.39 is 0 Å². The summed E-state index contributed by atoms with van der Waals surface area (Å²) in [4.78, 5) is 0. The minimum atomic E-state index is 0.314. The Labute approximate surface area is 193 Å². The molecule has 0 radical (unpaired) electrons. The molecule has 1 nitrogen and oxygen atoms in total. The van der Waals surface area contributed by atoms with Crippen LogP contribution < -0.4 is 5.32 Å². The van der Waals surface area contributed by atoms with Crippen molar-refractivity contribution in [3.8, 4) is 0 Å². The molecule has 0 saturated carbocycles. The lowest BCUT2D eigenvalue weighted by Crippen LogP contribution is -2.19. The summed E-state index contributed by atoms with van der Waals surface area (Å²) in [6, 6.07) is 22.3. The van der Waals surface area contributed by atoms with Gasteiger partial charge in [-0.15, -0.1) is 0 Å². The van der Waals surface area contributed by atoms with Crippen LogP contribution in [0.25, 0.3) is 5.57 Å². The second-order valence-corrected chi connectivity index (χ2v) is 9.12. The molecule has 1 heteroatoms. The van der Waals surface area contributed by atoms with E-state index >= 15 is 0 Å². The first-order valence-corrected chi connectivity index (χ1v) is 11.5. The number of benzene rings is 3. The van der Waals surface area contributed by atoms with Crippen molar-refractivity contribution in [3.05, 3.63) is 129 Å². The van der Waals surface area contributed by atoms with Crippen molar-refractivity contribution in [1.29, 1.82) is 0 Å². The second kappa shape index (κ2) is 9.44. The molecule has 0 spiro atoms. The zero-order valence-corrected chi connectivity index (χ0v) is 19.9.